The molecule has 0 atom stereocenters. The van der Waals surface area contributed by atoms with E-state index < -0.39 is 5.91 Å². The Hall–Kier alpha value is -2.37. The minimum atomic E-state index is -0.492. The first-order valence-electron chi connectivity index (χ1n) is 9.01. The van der Waals surface area contributed by atoms with Gasteiger partial charge in [-0.15, -0.1) is 12.4 Å². The van der Waals surface area contributed by atoms with Gasteiger partial charge in [-0.1, -0.05) is 30.3 Å². The van der Waals surface area contributed by atoms with Gasteiger partial charge in [-0.05, 0) is 55.6 Å². The Kier molecular flexibility index (Phi) is 5.82. The highest BCUT2D eigenvalue weighted by Gasteiger charge is 2.21. The maximum Gasteiger partial charge on any atom is 0.265 e. The highest BCUT2D eigenvalue weighted by atomic mass is 35.5. The second-order valence-electron chi connectivity index (χ2n) is 6.88. The molecule has 1 aliphatic rings. The topological polar surface area (TPSA) is 60.1 Å². The van der Waals surface area contributed by atoms with E-state index in [4.69, 9.17) is 5.73 Å². The zero-order valence-corrected chi connectivity index (χ0v) is 15.8. The van der Waals surface area contributed by atoms with E-state index in [-0.39, 0.29) is 24.8 Å². The normalized spacial score (nSPS) is 14.9. The maximum absolute atomic E-state index is 14.1. The van der Waals surface area contributed by atoms with E-state index in [1.165, 1.54) is 11.6 Å². The predicted molar refractivity (Wildman–Crippen MR) is 108 cm³/mol. The van der Waals surface area contributed by atoms with Crippen LogP contribution in [0.2, 0.25) is 0 Å². The first-order valence-corrected chi connectivity index (χ1v) is 9.01. The largest absolute Gasteiger partial charge is 0.364 e. The van der Waals surface area contributed by atoms with Gasteiger partial charge in [-0.3, -0.25) is 4.79 Å². The van der Waals surface area contributed by atoms with Crippen LogP contribution in [0.4, 0.5) is 4.39 Å². The van der Waals surface area contributed by atoms with Crippen molar-refractivity contribution < 1.29 is 9.18 Å². The summed E-state index contributed by atoms with van der Waals surface area (Å²) in [6.45, 7) is 2.28. The number of carbonyl (C=O) groups excluding carboxylic acids is 1. The molecule has 0 saturated carbocycles. The zero-order valence-electron chi connectivity index (χ0n) is 15.0. The Balaban J connectivity index is 0.00000210. The van der Waals surface area contributed by atoms with Crippen LogP contribution in [0.1, 0.15) is 40.4 Å². The number of primary amides is 1. The summed E-state index contributed by atoms with van der Waals surface area (Å²) in [6.07, 6.45) is 2.15. The number of nitrogens with one attached hydrogen (secondary N) is 1. The Morgan fingerprint density at radius 1 is 1.15 bits per heavy atom. The smallest absolute Gasteiger partial charge is 0.265 e. The highest BCUT2D eigenvalue weighted by Crippen LogP contribution is 2.33. The average molecular weight is 388 g/mol. The number of hydrogen-bond acceptors (Lipinski definition) is 2. The van der Waals surface area contributed by atoms with Crippen LogP contribution in [0.15, 0.2) is 48.5 Å². The van der Waals surface area contributed by atoms with Crippen LogP contribution in [-0.2, 0) is 6.54 Å². The molecule has 0 unspecified atom stereocenters. The summed E-state index contributed by atoms with van der Waals surface area (Å²) in [5.74, 6) is -0.307. The number of hydrogen-bond donors (Lipinski definition) is 2. The van der Waals surface area contributed by atoms with Crippen molar-refractivity contribution >= 4 is 29.2 Å². The molecule has 0 spiro atoms. The van der Waals surface area contributed by atoms with Gasteiger partial charge < -0.3 is 15.6 Å². The van der Waals surface area contributed by atoms with Gasteiger partial charge in [0.05, 0.1) is 6.54 Å². The van der Waals surface area contributed by atoms with Gasteiger partial charge in [-0.25, -0.2) is 4.39 Å². The van der Waals surface area contributed by atoms with Crippen molar-refractivity contribution in [1.29, 1.82) is 0 Å². The average Bonchev–Trinajstić information content (AvgIpc) is 3.03. The van der Waals surface area contributed by atoms with Crippen LogP contribution >= 0.6 is 12.4 Å². The standard InChI is InChI=1S/C21H22FN3O.ClH/c22-18-6-2-1-4-15(18)13-25-19-7-3-5-16(14-8-10-24-11-9-14)17(19)12-20(25)21(23)26;/h1-7,12,14,24H,8-11,13H2,(H2,23,26);1H. The van der Waals surface area contributed by atoms with Crippen molar-refractivity contribution in [2.45, 2.75) is 25.3 Å². The molecule has 0 bridgehead atoms. The van der Waals surface area contributed by atoms with Gasteiger partial charge in [0.2, 0.25) is 0 Å². The fourth-order valence-electron chi connectivity index (χ4n) is 3.97. The van der Waals surface area contributed by atoms with E-state index >= 15 is 0 Å². The van der Waals surface area contributed by atoms with Crippen molar-refractivity contribution in [3.8, 4) is 0 Å². The third kappa shape index (κ3) is 3.70. The number of nitrogens with two attached hydrogens (primary N) is 1. The molecule has 27 heavy (non-hydrogen) atoms. The van der Waals surface area contributed by atoms with Crippen LogP contribution in [0.3, 0.4) is 0 Å². The molecule has 2 aromatic carbocycles. The second-order valence-corrected chi connectivity index (χ2v) is 6.88. The summed E-state index contributed by atoms with van der Waals surface area (Å²) in [4.78, 5) is 12.1. The minimum Gasteiger partial charge on any atom is -0.364 e. The molecule has 1 amide bonds. The Morgan fingerprint density at radius 3 is 2.59 bits per heavy atom. The lowest BCUT2D eigenvalue weighted by Gasteiger charge is -2.23. The monoisotopic (exact) mass is 387 g/mol. The molecule has 142 valence electrons. The Labute approximate surface area is 164 Å². The lowest BCUT2D eigenvalue weighted by atomic mass is 9.88. The zero-order chi connectivity index (χ0) is 18.1. The third-order valence-corrected chi connectivity index (χ3v) is 5.30. The molecule has 4 rings (SSSR count). The van der Waals surface area contributed by atoms with Crippen molar-refractivity contribution in [3.05, 3.63) is 71.2 Å². The fourth-order valence-corrected chi connectivity index (χ4v) is 3.97. The molecule has 2 heterocycles. The van der Waals surface area contributed by atoms with Gasteiger partial charge in [-0.2, -0.15) is 0 Å². The number of rotatable bonds is 4. The molecule has 1 fully saturated rings. The number of nitrogens with zero attached hydrogens (tertiary/aromatic N) is 1. The summed E-state index contributed by atoms with van der Waals surface area (Å²) >= 11 is 0. The molecular weight excluding hydrogens is 365 g/mol. The lowest BCUT2D eigenvalue weighted by Crippen LogP contribution is -2.26. The number of fused-ring (bicyclic) bond motifs is 1. The quantitative estimate of drug-likeness (QED) is 0.715. The van der Waals surface area contributed by atoms with Gasteiger partial charge in [0.25, 0.3) is 5.91 Å². The molecule has 0 radical (unpaired) electrons. The number of benzene rings is 2. The lowest BCUT2D eigenvalue weighted by molar-refractivity contribution is 0.0992. The highest BCUT2D eigenvalue weighted by molar-refractivity contribution is 5.99. The number of carbonyl (C=O) groups is 1. The molecule has 6 heteroatoms. The second kappa shape index (κ2) is 8.11. The van der Waals surface area contributed by atoms with E-state index in [1.807, 2.05) is 22.8 Å². The SMILES string of the molecule is Cl.NC(=O)c1cc2c(C3CCNCC3)cccc2n1Cc1ccccc1F. The van der Waals surface area contributed by atoms with E-state index in [0.717, 1.165) is 36.8 Å². The molecule has 3 N–H and O–H groups in total. The maximum atomic E-state index is 14.1. The Morgan fingerprint density at radius 2 is 1.89 bits per heavy atom. The summed E-state index contributed by atoms with van der Waals surface area (Å²) in [5, 5.41) is 4.43. The van der Waals surface area contributed by atoms with Crippen LogP contribution in [0.5, 0.6) is 0 Å². The van der Waals surface area contributed by atoms with Crippen molar-refractivity contribution in [3.63, 3.8) is 0 Å². The molecule has 1 aromatic heterocycles. The number of aromatic nitrogens is 1. The molecule has 1 aliphatic heterocycles. The number of amides is 1. The minimum absolute atomic E-state index is 0. The van der Waals surface area contributed by atoms with E-state index in [2.05, 4.69) is 11.4 Å². The van der Waals surface area contributed by atoms with E-state index in [9.17, 15) is 9.18 Å². The van der Waals surface area contributed by atoms with Crippen molar-refractivity contribution in [2.24, 2.45) is 5.73 Å². The molecule has 4 nitrogen and oxygen atoms in total. The van der Waals surface area contributed by atoms with Gasteiger partial charge in [0.15, 0.2) is 0 Å². The summed E-state index contributed by atoms with van der Waals surface area (Å²) in [7, 11) is 0. The third-order valence-electron chi connectivity index (χ3n) is 5.30. The number of piperidine rings is 1. The van der Waals surface area contributed by atoms with Crippen LogP contribution in [0, 0.1) is 5.82 Å². The van der Waals surface area contributed by atoms with Crippen molar-refractivity contribution in [2.75, 3.05) is 13.1 Å². The van der Waals surface area contributed by atoms with E-state index in [1.54, 1.807) is 18.2 Å². The Bertz CT molecular complexity index is 963. The molecule has 1 saturated heterocycles. The fraction of sp³-hybridized carbons (Fsp3) is 0.286. The van der Waals surface area contributed by atoms with Gasteiger partial charge in [0, 0.05) is 16.5 Å². The molecule has 0 aliphatic carbocycles. The van der Waals surface area contributed by atoms with Crippen molar-refractivity contribution in [1.82, 2.24) is 9.88 Å². The summed E-state index contributed by atoms with van der Waals surface area (Å²) < 4.78 is 16.0. The predicted octanol–water partition coefficient (Wildman–Crippen LogP) is 3.82. The number of halogens is 2. The summed E-state index contributed by atoms with van der Waals surface area (Å²) in [6, 6.07) is 14.6. The van der Waals surface area contributed by atoms with Gasteiger partial charge in [0.1, 0.15) is 11.5 Å². The first kappa shape index (κ1) is 19.4. The molecular formula is C21H23ClFN3O. The van der Waals surface area contributed by atoms with Gasteiger partial charge >= 0.3 is 0 Å². The first-order chi connectivity index (χ1) is 12.6. The van der Waals surface area contributed by atoms with Crippen LogP contribution < -0.4 is 11.1 Å². The summed E-state index contributed by atoms with van der Waals surface area (Å²) in [5.41, 5.74) is 8.78. The van der Waals surface area contributed by atoms with E-state index in [0.29, 0.717) is 17.2 Å². The van der Waals surface area contributed by atoms with Crippen LogP contribution in [-0.4, -0.2) is 23.6 Å². The molecule has 3 aromatic rings. The van der Waals surface area contributed by atoms with Crippen LogP contribution in [0.25, 0.3) is 10.9 Å².